The molecule has 258 valence electrons. The highest BCUT2D eigenvalue weighted by atomic mass is 15.1. The van der Waals surface area contributed by atoms with E-state index in [-0.39, 0.29) is 0 Å². The van der Waals surface area contributed by atoms with Gasteiger partial charge in [0.2, 0.25) is 0 Å². The van der Waals surface area contributed by atoms with Gasteiger partial charge in [-0.05, 0) is 119 Å². The van der Waals surface area contributed by atoms with Gasteiger partial charge in [0.15, 0.2) is 0 Å². The number of nitrogens with zero attached hydrogens (tertiary/aromatic N) is 1. The number of benzene rings is 10. The fourth-order valence-electron chi connectivity index (χ4n) is 8.11. The van der Waals surface area contributed by atoms with E-state index in [4.69, 9.17) is 0 Å². The van der Waals surface area contributed by atoms with E-state index in [1.54, 1.807) is 0 Å². The van der Waals surface area contributed by atoms with E-state index in [9.17, 15) is 0 Å². The first kappa shape index (κ1) is 32.4. The fourth-order valence-corrected chi connectivity index (χ4v) is 8.11. The summed E-state index contributed by atoms with van der Waals surface area (Å²) >= 11 is 0. The zero-order chi connectivity index (χ0) is 36.6. The Hall–Kier alpha value is -7.22. The van der Waals surface area contributed by atoms with Crippen molar-refractivity contribution in [1.82, 2.24) is 0 Å². The summed E-state index contributed by atoms with van der Waals surface area (Å²) in [6.07, 6.45) is 0. The van der Waals surface area contributed by atoms with Crippen molar-refractivity contribution in [3.8, 4) is 44.5 Å². The third kappa shape index (κ3) is 6.12. The lowest BCUT2D eigenvalue weighted by molar-refractivity contribution is 1.29. The molecule has 0 aliphatic heterocycles. The van der Waals surface area contributed by atoms with Gasteiger partial charge in [-0.3, -0.25) is 0 Å². The van der Waals surface area contributed by atoms with Crippen LogP contribution in [0, 0.1) is 0 Å². The van der Waals surface area contributed by atoms with Crippen molar-refractivity contribution in [2.24, 2.45) is 0 Å². The van der Waals surface area contributed by atoms with E-state index < -0.39 is 0 Å². The number of hydrogen-bond donors (Lipinski definition) is 0. The molecule has 10 aromatic carbocycles. The van der Waals surface area contributed by atoms with Gasteiger partial charge >= 0.3 is 0 Å². The summed E-state index contributed by atoms with van der Waals surface area (Å²) in [5, 5.41) is 7.52. The summed E-state index contributed by atoms with van der Waals surface area (Å²) in [5.41, 5.74) is 13.0. The minimum atomic E-state index is 1.10. The Bertz CT molecular complexity index is 2940. The van der Waals surface area contributed by atoms with E-state index in [2.05, 4.69) is 229 Å². The number of hydrogen-bond acceptors (Lipinski definition) is 1. The maximum atomic E-state index is 2.38. The first-order chi connectivity index (χ1) is 27.3. The highest BCUT2D eigenvalue weighted by Gasteiger charge is 2.16. The molecule has 0 unspecified atom stereocenters. The van der Waals surface area contributed by atoms with E-state index in [0.29, 0.717) is 0 Å². The first-order valence-electron chi connectivity index (χ1n) is 18.9. The van der Waals surface area contributed by atoms with Crippen LogP contribution in [0.15, 0.2) is 224 Å². The Labute approximate surface area is 322 Å². The molecule has 0 aliphatic carbocycles. The minimum absolute atomic E-state index is 1.10. The Kier molecular flexibility index (Phi) is 8.24. The van der Waals surface area contributed by atoms with Crippen molar-refractivity contribution < 1.29 is 0 Å². The molecule has 0 bridgehead atoms. The number of rotatable bonds is 7. The van der Waals surface area contributed by atoms with E-state index in [1.165, 1.54) is 76.8 Å². The summed E-state index contributed by atoms with van der Waals surface area (Å²) in [6.45, 7) is 0. The monoisotopic (exact) mass is 699 g/mol. The normalized spacial score (nSPS) is 11.3. The second-order valence-corrected chi connectivity index (χ2v) is 14.1. The topological polar surface area (TPSA) is 3.24 Å². The quantitative estimate of drug-likeness (QED) is 0.150. The van der Waals surface area contributed by atoms with Crippen LogP contribution in [-0.2, 0) is 0 Å². The van der Waals surface area contributed by atoms with Gasteiger partial charge in [-0.25, -0.2) is 0 Å². The smallest absolute Gasteiger partial charge is 0.0468 e. The van der Waals surface area contributed by atoms with Gasteiger partial charge < -0.3 is 4.90 Å². The van der Waals surface area contributed by atoms with Gasteiger partial charge in [-0.2, -0.15) is 0 Å². The Balaban J connectivity index is 1.10. The molecule has 55 heavy (non-hydrogen) atoms. The molecule has 0 atom stereocenters. The average molecular weight is 700 g/mol. The molecule has 10 aromatic rings. The van der Waals surface area contributed by atoms with Crippen LogP contribution in [0.2, 0.25) is 0 Å². The largest absolute Gasteiger partial charge is 0.310 e. The highest BCUT2D eigenvalue weighted by molar-refractivity contribution is 6.08. The molecule has 0 aromatic heterocycles. The molecule has 0 aliphatic rings. The molecule has 0 amide bonds. The molecule has 10 rings (SSSR count). The van der Waals surface area contributed by atoms with Crippen molar-refractivity contribution in [3.05, 3.63) is 224 Å². The molecule has 0 heterocycles. The van der Waals surface area contributed by atoms with Gasteiger partial charge in [0, 0.05) is 17.1 Å². The summed E-state index contributed by atoms with van der Waals surface area (Å²) in [7, 11) is 0. The van der Waals surface area contributed by atoms with Crippen LogP contribution in [0.3, 0.4) is 0 Å². The lowest BCUT2D eigenvalue weighted by Crippen LogP contribution is -2.10. The average Bonchev–Trinajstić information content (AvgIpc) is 3.27. The molecule has 0 saturated carbocycles. The van der Waals surface area contributed by atoms with Gasteiger partial charge in [0.25, 0.3) is 0 Å². The zero-order valence-electron chi connectivity index (χ0n) is 30.3. The van der Waals surface area contributed by atoms with Gasteiger partial charge in [0.1, 0.15) is 0 Å². The molecule has 0 saturated heterocycles. The molecular formula is C54H37N. The first-order valence-corrected chi connectivity index (χ1v) is 18.9. The molecule has 0 fully saturated rings. The van der Waals surface area contributed by atoms with Crippen molar-refractivity contribution in [2.45, 2.75) is 0 Å². The van der Waals surface area contributed by atoms with Crippen LogP contribution in [0.5, 0.6) is 0 Å². The second-order valence-electron chi connectivity index (χ2n) is 14.1. The third-order valence-corrected chi connectivity index (χ3v) is 10.9. The fraction of sp³-hybridized carbons (Fsp3) is 0. The van der Waals surface area contributed by atoms with Crippen molar-refractivity contribution in [2.75, 3.05) is 4.90 Å². The summed E-state index contributed by atoms with van der Waals surface area (Å²) < 4.78 is 0. The van der Waals surface area contributed by atoms with Crippen LogP contribution in [-0.4, -0.2) is 0 Å². The van der Waals surface area contributed by atoms with Crippen LogP contribution < -0.4 is 4.90 Å². The lowest BCUT2D eigenvalue weighted by atomic mass is 9.91. The number of anilines is 3. The van der Waals surface area contributed by atoms with Gasteiger partial charge in [-0.15, -0.1) is 0 Å². The van der Waals surface area contributed by atoms with Crippen LogP contribution in [0.25, 0.3) is 76.8 Å². The van der Waals surface area contributed by atoms with E-state index in [0.717, 1.165) is 17.1 Å². The zero-order valence-corrected chi connectivity index (χ0v) is 30.3. The van der Waals surface area contributed by atoms with Crippen LogP contribution >= 0.6 is 0 Å². The van der Waals surface area contributed by atoms with E-state index >= 15 is 0 Å². The predicted molar refractivity (Wildman–Crippen MR) is 235 cm³/mol. The maximum absolute atomic E-state index is 2.38. The summed E-state index contributed by atoms with van der Waals surface area (Å²) in [4.78, 5) is 2.38. The molecule has 1 nitrogen and oxygen atoms in total. The summed E-state index contributed by atoms with van der Waals surface area (Å²) in [5.74, 6) is 0. The van der Waals surface area contributed by atoms with Gasteiger partial charge in [-0.1, -0.05) is 182 Å². The molecule has 1 heteroatoms. The SMILES string of the molecule is c1ccc(-c2ccc(-c3ccccc3)c(-c3ccc(N(c4ccc(-c5cccc6ccccc56)cc4)c4ccc5c(ccc6ccccc65)c4)cc3)c2)cc1. The van der Waals surface area contributed by atoms with E-state index in [1.807, 2.05) is 0 Å². The van der Waals surface area contributed by atoms with Crippen molar-refractivity contribution in [1.29, 1.82) is 0 Å². The second kappa shape index (κ2) is 14.0. The Morgan fingerprint density at radius 1 is 0.218 bits per heavy atom. The molecule has 0 radical (unpaired) electrons. The summed E-state index contributed by atoms with van der Waals surface area (Å²) in [6, 6.07) is 81.4. The minimum Gasteiger partial charge on any atom is -0.310 e. The van der Waals surface area contributed by atoms with Crippen LogP contribution in [0.4, 0.5) is 17.1 Å². The number of fused-ring (bicyclic) bond motifs is 4. The Morgan fingerprint density at radius 2 is 0.709 bits per heavy atom. The van der Waals surface area contributed by atoms with Crippen molar-refractivity contribution in [3.63, 3.8) is 0 Å². The third-order valence-electron chi connectivity index (χ3n) is 10.9. The molecule has 0 N–H and O–H groups in total. The lowest BCUT2D eigenvalue weighted by Gasteiger charge is -2.26. The highest BCUT2D eigenvalue weighted by Crippen LogP contribution is 2.41. The van der Waals surface area contributed by atoms with Crippen molar-refractivity contribution >= 4 is 49.4 Å². The maximum Gasteiger partial charge on any atom is 0.0468 e. The Morgan fingerprint density at radius 3 is 1.42 bits per heavy atom. The predicted octanol–water partition coefficient (Wildman–Crippen LogP) is 15.3. The van der Waals surface area contributed by atoms with Gasteiger partial charge in [0.05, 0.1) is 0 Å². The molecule has 0 spiro atoms. The molecular weight excluding hydrogens is 663 g/mol. The van der Waals surface area contributed by atoms with Crippen LogP contribution in [0.1, 0.15) is 0 Å². The standard InChI is InChI=1S/C54H37N/c1-3-12-38(13-4-1)44-28-34-52(39-14-5-2-6-15-39)54(37-44)43-26-31-47(32-27-43)55(48-33-35-53-45(36-48)23-22-41-17-8-10-20-50(41)53)46-29-24-42(25-30-46)51-21-11-18-40-16-7-9-19-49(40)51/h1-37H.